The van der Waals surface area contributed by atoms with Crippen LogP contribution in [0, 0.1) is 5.82 Å². The highest BCUT2D eigenvalue weighted by atomic mass is 32.2. The SMILES string of the molecule is COc1cc(NCC2(SC)CCC2)ccc1F. The molecule has 17 heavy (non-hydrogen) atoms. The largest absolute Gasteiger partial charge is 0.494 e. The van der Waals surface area contributed by atoms with E-state index in [0.717, 1.165) is 12.2 Å². The van der Waals surface area contributed by atoms with E-state index in [9.17, 15) is 4.39 Å². The molecule has 0 heterocycles. The smallest absolute Gasteiger partial charge is 0.165 e. The maximum Gasteiger partial charge on any atom is 0.165 e. The second kappa shape index (κ2) is 5.17. The fourth-order valence-electron chi connectivity index (χ4n) is 2.06. The van der Waals surface area contributed by atoms with Gasteiger partial charge >= 0.3 is 0 Å². The van der Waals surface area contributed by atoms with Crippen LogP contribution in [0.3, 0.4) is 0 Å². The van der Waals surface area contributed by atoms with Crippen LogP contribution in [0.15, 0.2) is 18.2 Å². The van der Waals surface area contributed by atoms with Gasteiger partial charge in [-0.15, -0.1) is 0 Å². The number of benzene rings is 1. The van der Waals surface area contributed by atoms with Gasteiger partial charge in [-0.05, 0) is 31.2 Å². The van der Waals surface area contributed by atoms with E-state index in [1.165, 1.54) is 32.4 Å². The molecule has 0 radical (unpaired) electrons. The first-order chi connectivity index (χ1) is 8.19. The second-order valence-corrected chi connectivity index (χ2v) is 5.72. The van der Waals surface area contributed by atoms with Gasteiger partial charge in [0.1, 0.15) is 0 Å². The average molecular weight is 255 g/mol. The molecule has 0 bridgehead atoms. The lowest BCUT2D eigenvalue weighted by Crippen LogP contribution is -2.40. The first-order valence-electron chi connectivity index (χ1n) is 5.82. The molecular weight excluding hydrogens is 237 g/mol. The molecule has 1 saturated carbocycles. The Morgan fingerprint density at radius 1 is 1.47 bits per heavy atom. The molecule has 4 heteroatoms. The van der Waals surface area contributed by atoms with E-state index in [4.69, 9.17) is 4.74 Å². The zero-order valence-electron chi connectivity index (χ0n) is 10.3. The summed E-state index contributed by atoms with van der Waals surface area (Å²) >= 11 is 1.92. The van der Waals surface area contributed by atoms with Gasteiger partial charge in [0.25, 0.3) is 0 Å². The van der Waals surface area contributed by atoms with Crippen LogP contribution in [0.1, 0.15) is 19.3 Å². The van der Waals surface area contributed by atoms with E-state index in [-0.39, 0.29) is 5.82 Å². The van der Waals surface area contributed by atoms with Gasteiger partial charge in [-0.2, -0.15) is 11.8 Å². The molecule has 0 aromatic heterocycles. The quantitative estimate of drug-likeness (QED) is 0.869. The second-order valence-electron chi connectivity index (χ2n) is 4.44. The summed E-state index contributed by atoms with van der Waals surface area (Å²) in [7, 11) is 1.48. The number of hydrogen-bond acceptors (Lipinski definition) is 3. The van der Waals surface area contributed by atoms with Crippen molar-refractivity contribution in [2.45, 2.75) is 24.0 Å². The number of thioether (sulfide) groups is 1. The fourth-order valence-corrected chi connectivity index (χ4v) is 2.97. The predicted octanol–water partition coefficient (Wildman–Crippen LogP) is 3.53. The lowest BCUT2D eigenvalue weighted by atomic mass is 9.84. The molecule has 1 aliphatic carbocycles. The minimum Gasteiger partial charge on any atom is -0.494 e. The molecule has 0 atom stereocenters. The molecule has 0 unspecified atom stereocenters. The van der Waals surface area contributed by atoms with Crippen LogP contribution in [0.2, 0.25) is 0 Å². The summed E-state index contributed by atoms with van der Waals surface area (Å²) in [6, 6.07) is 4.90. The van der Waals surface area contributed by atoms with Crippen molar-refractivity contribution in [2.75, 3.05) is 25.2 Å². The van der Waals surface area contributed by atoms with E-state index >= 15 is 0 Å². The van der Waals surface area contributed by atoms with Crippen molar-refractivity contribution < 1.29 is 9.13 Å². The highest BCUT2D eigenvalue weighted by Crippen LogP contribution is 2.42. The number of anilines is 1. The summed E-state index contributed by atoms with van der Waals surface area (Å²) in [5.74, 6) is -0.0249. The van der Waals surface area contributed by atoms with E-state index in [1.807, 2.05) is 11.8 Å². The minimum atomic E-state index is -0.318. The maximum atomic E-state index is 13.2. The minimum absolute atomic E-state index is 0.293. The van der Waals surface area contributed by atoms with E-state index in [0.29, 0.717) is 10.5 Å². The Bertz CT molecular complexity index is 387. The third-order valence-electron chi connectivity index (χ3n) is 3.46. The van der Waals surface area contributed by atoms with Crippen molar-refractivity contribution in [3.05, 3.63) is 24.0 Å². The van der Waals surface area contributed by atoms with Gasteiger partial charge in [-0.1, -0.05) is 6.42 Å². The summed E-state index contributed by atoms with van der Waals surface area (Å²) in [6.07, 6.45) is 6.00. The van der Waals surface area contributed by atoms with Crippen LogP contribution >= 0.6 is 11.8 Å². The number of hydrogen-bond donors (Lipinski definition) is 1. The van der Waals surface area contributed by atoms with Crippen molar-refractivity contribution in [3.63, 3.8) is 0 Å². The molecule has 2 nitrogen and oxygen atoms in total. The molecule has 0 aliphatic heterocycles. The molecule has 94 valence electrons. The van der Waals surface area contributed by atoms with Crippen LogP contribution < -0.4 is 10.1 Å². The molecule has 1 aliphatic rings. The first-order valence-corrected chi connectivity index (χ1v) is 7.04. The fraction of sp³-hybridized carbons (Fsp3) is 0.538. The summed E-state index contributed by atoms with van der Waals surface area (Å²) in [5, 5.41) is 3.37. The zero-order chi connectivity index (χ0) is 12.3. The molecule has 0 amide bonds. The molecule has 0 spiro atoms. The van der Waals surface area contributed by atoms with E-state index < -0.39 is 0 Å². The van der Waals surface area contributed by atoms with Gasteiger partial charge in [0.15, 0.2) is 11.6 Å². The van der Waals surface area contributed by atoms with Crippen molar-refractivity contribution >= 4 is 17.4 Å². The Labute approximate surface area is 106 Å². The Morgan fingerprint density at radius 2 is 2.24 bits per heavy atom. The maximum absolute atomic E-state index is 13.2. The standard InChI is InChI=1S/C13H18FNOS/c1-16-12-8-10(4-5-11(12)14)15-9-13(17-2)6-3-7-13/h4-5,8,15H,3,6-7,9H2,1-2H3. The summed E-state index contributed by atoms with van der Waals surface area (Å²) in [4.78, 5) is 0. The van der Waals surface area contributed by atoms with Gasteiger partial charge in [0, 0.05) is 23.0 Å². The Morgan fingerprint density at radius 3 is 2.76 bits per heavy atom. The Balaban J connectivity index is 1.99. The number of halogens is 1. The zero-order valence-corrected chi connectivity index (χ0v) is 11.1. The van der Waals surface area contributed by atoms with Crippen LogP contribution in [0.4, 0.5) is 10.1 Å². The monoisotopic (exact) mass is 255 g/mol. The topological polar surface area (TPSA) is 21.3 Å². The van der Waals surface area contributed by atoms with Gasteiger partial charge in [0.2, 0.25) is 0 Å². The molecule has 1 aromatic carbocycles. The molecule has 2 rings (SSSR count). The summed E-state index contributed by atoms with van der Waals surface area (Å²) < 4.78 is 18.6. The van der Waals surface area contributed by atoms with Crippen LogP contribution in [-0.4, -0.2) is 24.7 Å². The third-order valence-corrected chi connectivity index (χ3v) is 4.88. The van der Waals surface area contributed by atoms with Crippen molar-refractivity contribution in [2.24, 2.45) is 0 Å². The number of nitrogens with one attached hydrogen (secondary N) is 1. The number of ether oxygens (including phenoxy) is 1. The normalized spacial score (nSPS) is 17.4. The van der Waals surface area contributed by atoms with E-state index in [2.05, 4.69) is 11.6 Å². The molecule has 1 fully saturated rings. The van der Waals surface area contributed by atoms with Crippen LogP contribution in [0.25, 0.3) is 0 Å². The third kappa shape index (κ3) is 2.68. The van der Waals surface area contributed by atoms with E-state index in [1.54, 1.807) is 12.1 Å². The molecule has 0 saturated heterocycles. The molecule has 1 aromatic rings. The summed E-state index contributed by atoms with van der Waals surface area (Å²) in [6.45, 7) is 0.933. The van der Waals surface area contributed by atoms with Gasteiger partial charge in [-0.25, -0.2) is 4.39 Å². The van der Waals surface area contributed by atoms with Crippen molar-refractivity contribution in [3.8, 4) is 5.75 Å². The number of rotatable bonds is 5. The Kier molecular flexibility index (Phi) is 3.82. The highest BCUT2D eigenvalue weighted by molar-refractivity contribution is 8.00. The highest BCUT2D eigenvalue weighted by Gasteiger charge is 2.35. The average Bonchev–Trinajstić information content (AvgIpc) is 2.30. The predicted molar refractivity (Wildman–Crippen MR) is 71.5 cm³/mol. The molecule has 1 N–H and O–H groups in total. The lowest BCUT2D eigenvalue weighted by molar-refractivity contribution is 0.379. The van der Waals surface area contributed by atoms with Crippen molar-refractivity contribution in [1.82, 2.24) is 0 Å². The van der Waals surface area contributed by atoms with Crippen LogP contribution in [0.5, 0.6) is 5.75 Å². The lowest BCUT2D eigenvalue weighted by Gasteiger charge is -2.40. The number of methoxy groups -OCH3 is 1. The van der Waals surface area contributed by atoms with Gasteiger partial charge in [0.05, 0.1) is 7.11 Å². The van der Waals surface area contributed by atoms with Gasteiger partial charge < -0.3 is 10.1 Å². The molecular formula is C13H18FNOS. The Hall–Kier alpha value is -0.900. The van der Waals surface area contributed by atoms with Gasteiger partial charge in [-0.3, -0.25) is 0 Å². The van der Waals surface area contributed by atoms with Crippen molar-refractivity contribution in [1.29, 1.82) is 0 Å². The van der Waals surface area contributed by atoms with Crippen LogP contribution in [-0.2, 0) is 0 Å². The first kappa shape index (κ1) is 12.6. The summed E-state index contributed by atoms with van der Waals surface area (Å²) in [5.41, 5.74) is 0.920.